The largest absolute Gasteiger partial charge is 0.486 e. The van der Waals surface area contributed by atoms with E-state index in [1.54, 1.807) is 28.9 Å². The van der Waals surface area contributed by atoms with Crippen LogP contribution in [0.15, 0.2) is 24.3 Å². The van der Waals surface area contributed by atoms with Gasteiger partial charge in [0.25, 0.3) is 0 Å². The first-order valence-electron chi connectivity index (χ1n) is 10.9. The van der Waals surface area contributed by atoms with Gasteiger partial charge < -0.3 is 19.6 Å². The normalized spacial score (nSPS) is 30.5. The number of aliphatic hydroxyl groups excluding tert-OH is 1. The van der Waals surface area contributed by atoms with Gasteiger partial charge in [-0.3, -0.25) is 14.4 Å². The van der Waals surface area contributed by atoms with Gasteiger partial charge in [0.05, 0.1) is 18.1 Å². The number of hydrogen-bond donors (Lipinski definition) is 1. The van der Waals surface area contributed by atoms with E-state index in [0.29, 0.717) is 50.2 Å². The van der Waals surface area contributed by atoms with Crippen LogP contribution in [-0.2, 0) is 9.59 Å². The zero-order valence-corrected chi connectivity index (χ0v) is 17.7. The number of rotatable bonds is 2. The fourth-order valence-corrected chi connectivity index (χ4v) is 4.91. The molecule has 0 unspecified atom stereocenters. The minimum Gasteiger partial charge on any atom is -0.486 e. The van der Waals surface area contributed by atoms with Crippen molar-refractivity contribution in [2.24, 2.45) is 5.92 Å². The number of nitrogens with zero attached hydrogens (tertiary/aromatic N) is 2. The lowest BCUT2D eigenvalue weighted by Gasteiger charge is -2.39. The molecule has 162 valence electrons. The fraction of sp³-hybridized carbons (Fsp3) is 0.609. The Kier molecular flexibility index (Phi) is 5.57. The van der Waals surface area contributed by atoms with Gasteiger partial charge in [0, 0.05) is 32.5 Å². The molecular formula is C23H30N2O5. The van der Waals surface area contributed by atoms with Gasteiger partial charge in [0.15, 0.2) is 5.78 Å². The maximum absolute atomic E-state index is 13.1. The van der Waals surface area contributed by atoms with Crippen molar-refractivity contribution in [2.75, 3.05) is 19.6 Å². The van der Waals surface area contributed by atoms with Crippen molar-refractivity contribution in [1.29, 1.82) is 0 Å². The number of ketones is 1. The highest BCUT2D eigenvalue weighted by Gasteiger charge is 2.44. The van der Waals surface area contributed by atoms with Crippen molar-refractivity contribution in [1.82, 2.24) is 9.80 Å². The Hall–Kier alpha value is -2.41. The van der Waals surface area contributed by atoms with E-state index in [1.807, 2.05) is 19.1 Å². The number of para-hydroxylation sites is 1. The van der Waals surface area contributed by atoms with Crippen LogP contribution in [-0.4, -0.2) is 69.9 Å². The average molecular weight is 415 g/mol. The Morgan fingerprint density at radius 2 is 2.00 bits per heavy atom. The number of aliphatic hydroxyl groups is 1. The molecule has 0 aromatic heterocycles. The van der Waals surface area contributed by atoms with Crippen molar-refractivity contribution in [3.05, 3.63) is 29.8 Å². The van der Waals surface area contributed by atoms with E-state index in [2.05, 4.69) is 0 Å². The molecule has 2 saturated heterocycles. The van der Waals surface area contributed by atoms with Crippen LogP contribution in [0.4, 0.5) is 0 Å². The molecule has 0 aliphatic carbocycles. The molecule has 2 amide bonds. The minimum absolute atomic E-state index is 0.0275. The Labute approximate surface area is 177 Å². The zero-order valence-electron chi connectivity index (χ0n) is 17.7. The molecular weight excluding hydrogens is 384 g/mol. The van der Waals surface area contributed by atoms with Crippen LogP contribution in [0.5, 0.6) is 5.75 Å². The van der Waals surface area contributed by atoms with Gasteiger partial charge in [0.2, 0.25) is 11.8 Å². The van der Waals surface area contributed by atoms with Crippen molar-refractivity contribution >= 4 is 17.6 Å². The number of benzene rings is 1. The summed E-state index contributed by atoms with van der Waals surface area (Å²) < 4.78 is 6.27. The summed E-state index contributed by atoms with van der Waals surface area (Å²) in [5.74, 6) is 0.499. The van der Waals surface area contributed by atoms with E-state index in [4.69, 9.17) is 4.74 Å². The molecule has 7 nitrogen and oxygen atoms in total. The van der Waals surface area contributed by atoms with E-state index >= 15 is 0 Å². The molecule has 3 aliphatic heterocycles. The topological polar surface area (TPSA) is 87.2 Å². The Morgan fingerprint density at radius 3 is 2.77 bits per heavy atom. The summed E-state index contributed by atoms with van der Waals surface area (Å²) in [6.45, 7) is 5.11. The van der Waals surface area contributed by atoms with Crippen molar-refractivity contribution < 1.29 is 24.2 Å². The van der Waals surface area contributed by atoms with Gasteiger partial charge in [-0.25, -0.2) is 0 Å². The summed E-state index contributed by atoms with van der Waals surface area (Å²) >= 11 is 0. The van der Waals surface area contributed by atoms with E-state index in [-0.39, 0.29) is 42.5 Å². The van der Waals surface area contributed by atoms with Gasteiger partial charge in [-0.2, -0.15) is 0 Å². The quantitative estimate of drug-likeness (QED) is 0.800. The van der Waals surface area contributed by atoms with Gasteiger partial charge in [-0.15, -0.1) is 0 Å². The van der Waals surface area contributed by atoms with Crippen molar-refractivity contribution in [2.45, 2.75) is 63.7 Å². The molecule has 0 radical (unpaired) electrons. The number of carbonyl (C=O) groups is 3. The molecule has 4 atom stereocenters. The lowest BCUT2D eigenvalue weighted by atomic mass is 9.84. The highest BCUT2D eigenvalue weighted by molar-refractivity contribution is 6.00. The molecule has 1 aromatic rings. The third-order valence-corrected chi connectivity index (χ3v) is 6.92. The van der Waals surface area contributed by atoms with Crippen molar-refractivity contribution in [3.8, 4) is 5.75 Å². The van der Waals surface area contributed by atoms with Gasteiger partial charge in [0.1, 0.15) is 17.4 Å². The first kappa shape index (κ1) is 20.8. The number of fused-ring (bicyclic) bond motifs is 1. The molecule has 1 aromatic carbocycles. The molecule has 4 rings (SSSR count). The summed E-state index contributed by atoms with van der Waals surface area (Å²) in [7, 11) is 0. The highest BCUT2D eigenvalue weighted by atomic mass is 16.5. The lowest BCUT2D eigenvalue weighted by Crippen LogP contribution is -2.53. The van der Waals surface area contributed by atoms with E-state index in [0.717, 1.165) is 0 Å². The molecule has 1 spiro atoms. The Balaban J connectivity index is 1.47. The zero-order chi connectivity index (χ0) is 21.5. The van der Waals surface area contributed by atoms with Gasteiger partial charge >= 0.3 is 0 Å². The predicted octanol–water partition coefficient (Wildman–Crippen LogP) is 2.02. The fourth-order valence-electron chi connectivity index (χ4n) is 4.91. The molecule has 7 heteroatoms. The predicted molar refractivity (Wildman–Crippen MR) is 110 cm³/mol. The second-order valence-electron chi connectivity index (χ2n) is 9.01. The first-order chi connectivity index (χ1) is 14.3. The maximum Gasteiger partial charge on any atom is 0.245 e. The van der Waals surface area contributed by atoms with Crippen LogP contribution >= 0.6 is 0 Å². The molecule has 1 N–H and O–H groups in total. The van der Waals surface area contributed by atoms with E-state index in [1.165, 1.54) is 0 Å². The molecule has 0 bridgehead atoms. The second-order valence-corrected chi connectivity index (χ2v) is 9.01. The summed E-state index contributed by atoms with van der Waals surface area (Å²) in [5, 5.41) is 9.93. The van der Waals surface area contributed by atoms with E-state index < -0.39 is 11.6 Å². The number of carbonyl (C=O) groups excluding carboxylic acids is 3. The minimum atomic E-state index is -0.692. The summed E-state index contributed by atoms with van der Waals surface area (Å²) in [6, 6.07) is 6.68. The number of Topliss-reactive ketones (excluding diaryl/α,β-unsaturated/α-hetero) is 1. The number of likely N-dealkylation sites (tertiary alicyclic amines) is 2. The molecule has 2 fully saturated rings. The van der Waals surface area contributed by atoms with Crippen LogP contribution < -0.4 is 4.74 Å². The summed E-state index contributed by atoms with van der Waals surface area (Å²) in [4.78, 5) is 42.0. The summed E-state index contributed by atoms with van der Waals surface area (Å²) in [6.07, 6.45) is 1.68. The number of ether oxygens (including phenoxy) is 1. The summed E-state index contributed by atoms with van der Waals surface area (Å²) in [5.41, 5.74) is -0.0944. The maximum atomic E-state index is 13.1. The SMILES string of the molecule is C[C@@H]1CN(C(=O)[C@H](C)N2CC[C@@]3(CCC2=O)CC(=O)c2ccccc2O3)CC[C@H]1O. The van der Waals surface area contributed by atoms with Crippen LogP contribution in [0.3, 0.4) is 0 Å². The Bertz CT molecular complexity index is 856. The average Bonchev–Trinajstić information content (AvgIpc) is 2.88. The van der Waals surface area contributed by atoms with Crippen LogP contribution in [0.25, 0.3) is 0 Å². The smallest absolute Gasteiger partial charge is 0.245 e. The molecule has 3 aliphatic rings. The third kappa shape index (κ3) is 3.83. The lowest BCUT2D eigenvalue weighted by molar-refractivity contribution is -0.147. The molecule has 3 heterocycles. The van der Waals surface area contributed by atoms with Crippen LogP contribution in [0.1, 0.15) is 56.3 Å². The monoisotopic (exact) mass is 414 g/mol. The standard InChI is InChI=1S/C23H30N2O5/c1-15-14-24(11-8-18(15)26)22(29)16(2)25-12-10-23(9-7-21(25)28)13-19(27)17-5-3-4-6-20(17)30-23/h3-6,15-16,18,26H,7-14H2,1-2H3/t15-,16+,18-,23+/m1/s1. The number of hydrogen-bond acceptors (Lipinski definition) is 5. The van der Waals surface area contributed by atoms with Gasteiger partial charge in [-0.05, 0) is 37.8 Å². The third-order valence-electron chi connectivity index (χ3n) is 6.92. The van der Waals surface area contributed by atoms with E-state index in [9.17, 15) is 19.5 Å². The molecule has 0 saturated carbocycles. The first-order valence-corrected chi connectivity index (χ1v) is 10.9. The number of piperidine rings is 1. The van der Waals surface area contributed by atoms with Gasteiger partial charge in [-0.1, -0.05) is 19.1 Å². The van der Waals surface area contributed by atoms with Crippen LogP contribution in [0.2, 0.25) is 0 Å². The molecule has 30 heavy (non-hydrogen) atoms. The van der Waals surface area contributed by atoms with Crippen molar-refractivity contribution in [3.63, 3.8) is 0 Å². The Morgan fingerprint density at radius 1 is 1.23 bits per heavy atom. The number of amides is 2. The second kappa shape index (κ2) is 8.02. The highest BCUT2D eigenvalue weighted by Crippen LogP contribution is 2.39. The van der Waals surface area contributed by atoms with Crippen LogP contribution in [0, 0.1) is 5.92 Å².